The van der Waals surface area contributed by atoms with Gasteiger partial charge in [-0.25, -0.2) is 13.8 Å². The third kappa shape index (κ3) is 5.29. The molecule has 2 heterocycles. The van der Waals surface area contributed by atoms with Gasteiger partial charge in [-0.15, -0.1) is 0 Å². The lowest BCUT2D eigenvalue weighted by atomic mass is 10.0. The van der Waals surface area contributed by atoms with Gasteiger partial charge < -0.3 is 10.1 Å². The number of aromatic amines is 1. The lowest BCUT2D eigenvalue weighted by Gasteiger charge is -2.17. The molecule has 37 heavy (non-hydrogen) atoms. The van der Waals surface area contributed by atoms with E-state index in [9.17, 15) is 27.2 Å². The number of anilines is 2. The molecular weight excluding hydrogens is 496 g/mol. The number of alkyl halides is 4. The van der Waals surface area contributed by atoms with Crippen LogP contribution in [0.1, 0.15) is 31.7 Å². The van der Waals surface area contributed by atoms with E-state index in [1.165, 1.54) is 50.2 Å². The topological polar surface area (TPSA) is 113 Å². The Kier molecular flexibility index (Phi) is 6.96. The van der Waals surface area contributed by atoms with Gasteiger partial charge in [0.2, 0.25) is 5.91 Å². The second-order valence-corrected chi connectivity index (χ2v) is 8.26. The van der Waals surface area contributed by atoms with Crippen molar-refractivity contribution < 1.29 is 31.9 Å². The number of nitrogens with one attached hydrogen (secondary N) is 2. The Morgan fingerprint density at radius 1 is 1.22 bits per heavy atom. The van der Waals surface area contributed by atoms with Crippen LogP contribution in [0.2, 0.25) is 0 Å². The van der Waals surface area contributed by atoms with Gasteiger partial charge in [0.1, 0.15) is 11.6 Å². The summed E-state index contributed by atoms with van der Waals surface area (Å²) < 4.78 is 58.5. The first-order chi connectivity index (χ1) is 17.5. The normalized spacial score (nSPS) is 15.8. The predicted octanol–water partition coefficient (Wildman–Crippen LogP) is 4.86. The number of hydrazone groups is 1. The van der Waals surface area contributed by atoms with E-state index in [1.807, 2.05) is 0 Å². The Bertz CT molecular complexity index is 1370. The average Bonchev–Trinajstić information content (AvgIpc) is 3.41. The van der Waals surface area contributed by atoms with E-state index in [1.54, 1.807) is 6.92 Å². The van der Waals surface area contributed by atoms with Crippen LogP contribution in [0.15, 0.2) is 47.6 Å². The highest BCUT2D eigenvalue weighted by Crippen LogP contribution is 2.36. The highest BCUT2D eigenvalue weighted by molar-refractivity contribution is 6.28. The Morgan fingerprint density at radius 2 is 1.97 bits per heavy atom. The van der Waals surface area contributed by atoms with Crippen LogP contribution in [-0.2, 0) is 15.5 Å². The van der Waals surface area contributed by atoms with Crippen LogP contribution >= 0.6 is 0 Å². The Labute approximate surface area is 208 Å². The van der Waals surface area contributed by atoms with Crippen molar-refractivity contribution in [3.05, 3.63) is 53.9 Å². The van der Waals surface area contributed by atoms with Crippen LogP contribution in [0.4, 0.5) is 28.9 Å². The molecule has 1 atom stereocenters. The molecular formula is C24H22F4N6O3. The van der Waals surface area contributed by atoms with Gasteiger partial charge in [-0.2, -0.15) is 24.0 Å². The van der Waals surface area contributed by atoms with Crippen LogP contribution in [0.5, 0.6) is 5.75 Å². The summed E-state index contributed by atoms with van der Waals surface area (Å²) in [5, 5.41) is 14.2. The van der Waals surface area contributed by atoms with Crippen molar-refractivity contribution in [2.75, 3.05) is 10.3 Å². The second-order valence-electron chi connectivity index (χ2n) is 8.26. The van der Waals surface area contributed by atoms with Gasteiger partial charge in [0.05, 0.1) is 17.0 Å². The predicted molar refractivity (Wildman–Crippen MR) is 127 cm³/mol. The number of aromatic nitrogens is 3. The van der Waals surface area contributed by atoms with E-state index in [4.69, 9.17) is 0 Å². The highest BCUT2D eigenvalue weighted by Gasteiger charge is 2.40. The maximum Gasteiger partial charge on any atom is 0.387 e. The quantitative estimate of drug-likeness (QED) is 0.327. The molecule has 3 aromatic rings. The number of nitrogens with zero attached hydrogens (tertiary/aromatic N) is 4. The van der Waals surface area contributed by atoms with Crippen molar-refractivity contribution in [2.45, 2.75) is 39.7 Å². The lowest BCUT2D eigenvalue weighted by molar-refractivity contribution is -0.127. The molecule has 0 fully saturated rings. The molecule has 13 heteroatoms. The fourth-order valence-corrected chi connectivity index (χ4v) is 3.78. The summed E-state index contributed by atoms with van der Waals surface area (Å²) in [4.78, 5) is 30.3. The van der Waals surface area contributed by atoms with E-state index in [-0.39, 0.29) is 39.8 Å². The molecule has 2 aromatic carbocycles. The molecule has 2 N–H and O–H groups in total. The third-order valence-electron chi connectivity index (χ3n) is 5.65. The first kappa shape index (κ1) is 25.8. The first-order valence-electron chi connectivity index (χ1n) is 11.2. The van der Waals surface area contributed by atoms with E-state index in [0.717, 1.165) is 11.1 Å². The maximum absolute atomic E-state index is 14.1. The van der Waals surface area contributed by atoms with Crippen molar-refractivity contribution in [1.29, 1.82) is 0 Å². The Balaban J connectivity index is 1.59. The van der Waals surface area contributed by atoms with E-state index in [2.05, 4.69) is 30.3 Å². The number of hydrogen-bond acceptors (Lipinski definition) is 6. The molecule has 9 nitrogen and oxygen atoms in total. The number of halogens is 4. The standard InChI is InChI=1S/C24H22F4N6O3/c1-4-24(27,28)14-6-5-7-15(10-14)30-21(35)19-12(2)33-34(22(19)36)16-8-9-18(37-23(25)26)17(11-16)20-29-13(3)31-32-20/h5-11,19,23H,4H2,1-3H3,(H,30,35)(H,29,31,32). The Hall–Kier alpha value is -4.29. The number of hydrogen-bond donors (Lipinski definition) is 2. The summed E-state index contributed by atoms with van der Waals surface area (Å²) in [6.07, 6.45) is -0.414. The number of benzene rings is 2. The second kappa shape index (κ2) is 9.99. The summed E-state index contributed by atoms with van der Waals surface area (Å²) in [5.74, 6) is -5.62. The minimum absolute atomic E-state index is 0.0559. The van der Waals surface area contributed by atoms with Gasteiger partial charge in [0, 0.05) is 17.7 Å². The molecule has 1 aliphatic heterocycles. The zero-order chi connectivity index (χ0) is 26.9. The van der Waals surface area contributed by atoms with Crippen molar-refractivity contribution in [3.63, 3.8) is 0 Å². The number of carbonyl (C=O) groups is 2. The van der Waals surface area contributed by atoms with Gasteiger partial charge in [0.15, 0.2) is 11.7 Å². The summed E-state index contributed by atoms with van der Waals surface area (Å²) in [5.41, 5.74) is 0.220. The highest BCUT2D eigenvalue weighted by atomic mass is 19.3. The van der Waals surface area contributed by atoms with Gasteiger partial charge in [-0.1, -0.05) is 19.1 Å². The number of carbonyl (C=O) groups excluding carboxylic acids is 2. The SMILES string of the molecule is CCC(F)(F)c1cccc(NC(=O)C2C(=O)N(c3ccc(OC(F)F)c(-c4n[nH]c(C)n4)c3)N=C2C)c1. The van der Waals surface area contributed by atoms with Gasteiger partial charge >= 0.3 is 6.61 Å². The molecule has 0 aliphatic carbocycles. The molecule has 1 aromatic heterocycles. The summed E-state index contributed by atoms with van der Waals surface area (Å²) in [6.45, 7) is 1.32. The average molecular weight is 518 g/mol. The van der Waals surface area contributed by atoms with Crippen LogP contribution in [-0.4, -0.2) is 39.3 Å². The third-order valence-corrected chi connectivity index (χ3v) is 5.65. The molecule has 194 valence electrons. The lowest BCUT2D eigenvalue weighted by Crippen LogP contribution is -2.36. The smallest absolute Gasteiger partial charge is 0.387 e. The molecule has 1 aliphatic rings. The van der Waals surface area contributed by atoms with Crippen molar-refractivity contribution in [1.82, 2.24) is 15.2 Å². The maximum atomic E-state index is 14.1. The van der Waals surface area contributed by atoms with Gasteiger partial charge in [0.25, 0.3) is 11.8 Å². The number of ether oxygens (including phenoxy) is 1. The van der Waals surface area contributed by atoms with Crippen LogP contribution in [0.3, 0.4) is 0 Å². The van der Waals surface area contributed by atoms with Crippen molar-refractivity contribution >= 4 is 28.9 Å². The summed E-state index contributed by atoms with van der Waals surface area (Å²) >= 11 is 0. The van der Waals surface area contributed by atoms with E-state index < -0.39 is 36.7 Å². The van der Waals surface area contributed by atoms with E-state index in [0.29, 0.717) is 5.82 Å². The van der Waals surface area contributed by atoms with E-state index >= 15 is 0 Å². The molecule has 4 rings (SSSR count). The number of amides is 2. The fourth-order valence-electron chi connectivity index (χ4n) is 3.78. The molecule has 0 spiro atoms. The largest absolute Gasteiger partial charge is 0.434 e. The number of H-pyrrole nitrogens is 1. The molecule has 0 saturated heterocycles. The molecule has 0 radical (unpaired) electrons. The summed E-state index contributed by atoms with van der Waals surface area (Å²) in [6, 6.07) is 9.10. The zero-order valence-corrected chi connectivity index (χ0v) is 19.9. The minimum atomic E-state index is -3.11. The minimum Gasteiger partial charge on any atom is -0.434 e. The first-order valence-corrected chi connectivity index (χ1v) is 11.2. The van der Waals surface area contributed by atoms with Crippen LogP contribution in [0.25, 0.3) is 11.4 Å². The monoisotopic (exact) mass is 518 g/mol. The van der Waals surface area contributed by atoms with Crippen LogP contribution < -0.4 is 15.1 Å². The van der Waals surface area contributed by atoms with Gasteiger partial charge in [-0.3, -0.25) is 14.7 Å². The molecule has 1 unspecified atom stereocenters. The molecule has 2 amide bonds. The van der Waals surface area contributed by atoms with Gasteiger partial charge in [-0.05, 0) is 44.2 Å². The molecule has 0 saturated carbocycles. The van der Waals surface area contributed by atoms with Crippen molar-refractivity contribution in [2.24, 2.45) is 11.0 Å². The zero-order valence-electron chi connectivity index (χ0n) is 19.9. The number of aryl methyl sites for hydroxylation is 1. The number of rotatable bonds is 8. The Morgan fingerprint density at radius 3 is 2.62 bits per heavy atom. The summed E-state index contributed by atoms with van der Waals surface area (Å²) in [7, 11) is 0. The fraction of sp³-hybridized carbons (Fsp3) is 0.292. The van der Waals surface area contributed by atoms with Crippen LogP contribution in [0, 0.1) is 12.8 Å². The molecule has 0 bridgehead atoms. The van der Waals surface area contributed by atoms with Crippen molar-refractivity contribution in [3.8, 4) is 17.1 Å².